The zero-order chi connectivity index (χ0) is 22.0. The van der Waals surface area contributed by atoms with Crippen LogP contribution in [0.5, 0.6) is 0 Å². The van der Waals surface area contributed by atoms with E-state index in [0.717, 1.165) is 34.9 Å². The molecule has 164 valence electrons. The van der Waals surface area contributed by atoms with Gasteiger partial charge in [0.05, 0.1) is 24.2 Å². The van der Waals surface area contributed by atoms with E-state index in [4.69, 9.17) is 4.42 Å². The van der Waals surface area contributed by atoms with Gasteiger partial charge in [0.25, 0.3) is 0 Å². The Labute approximate surface area is 184 Å². The first kappa shape index (κ1) is 21.6. The summed E-state index contributed by atoms with van der Waals surface area (Å²) in [4.78, 5) is 15.2. The molecule has 1 amide bonds. The maximum atomic E-state index is 13.4. The Morgan fingerprint density at radius 1 is 1.03 bits per heavy atom. The van der Waals surface area contributed by atoms with Gasteiger partial charge in [0.2, 0.25) is 5.91 Å². The van der Waals surface area contributed by atoms with Crippen LogP contribution < -0.4 is 0 Å². The van der Waals surface area contributed by atoms with E-state index < -0.39 is 9.84 Å². The fourth-order valence-corrected chi connectivity index (χ4v) is 6.00. The SMILES string of the molecule is CCc1ccc(CN(C(=O)Cc2coc3ccc(CC)cc23)[C@H]2CCS(=O)(=O)C2)cc1. The average Bonchev–Trinajstić information content (AvgIpc) is 3.34. The highest BCUT2D eigenvalue weighted by Gasteiger charge is 2.34. The summed E-state index contributed by atoms with van der Waals surface area (Å²) in [5.41, 5.74) is 5.06. The predicted octanol–water partition coefficient (Wildman–Crippen LogP) is 4.32. The highest BCUT2D eigenvalue weighted by Crippen LogP contribution is 2.26. The Bertz CT molecular complexity index is 1180. The summed E-state index contributed by atoms with van der Waals surface area (Å²) in [5.74, 6) is 0.120. The van der Waals surface area contributed by atoms with E-state index in [1.165, 1.54) is 11.1 Å². The number of amides is 1. The van der Waals surface area contributed by atoms with Crippen LogP contribution in [0, 0.1) is 0 Å². The van der Waals surface area contributed by atoms with E-state index >= 15 is 0 Å². The second-order valence-corrected chi connectivity index (χ2v) is 10.6. The van der Waals surface area contributed by atoms with Crippen LogP contribution in [0.4, 0.5) is 0 Å². The second kappa shape index (κ2) is 8.87. The van der Waals surface area contributed by atoms with Gasteiger partial charge < -0.3 is 9.32 Å². The molecule has 6 heteroatoms. The van der Waals surface area contributed by atoms with Gasteiger partial charge in [-0.25, -0.2) is 8.42 Å². The summed E-state index contributed by atoms with van der Waals surface area (Å²) in [7, 11) is -3.10. The van der Waals surface area contributed by atoms with Crippen LogP contribution in [0.15, 0.2) is 53.1 Å². The lowest BCUT2D eigenvalue weighted by atomic mass is 10.0. The Balaban J connectivity index is 1.60. The van der Waals surface area contributed by atoms with Crippen LogP contribution in [0.2, 0.25) is 0 Å². The smallest absolute Gasteiger partial charge is 0.227 e. The van der Waals surface area contributed by atoms with Crippen molar-refractivity contribution in [1.29, 1.82) is 0 Å². The highest BCUT2D eigenvalue weighted by atomic mass is 32.2. The number of nitrogens with zero attached hydrogens (tertiary/aromatic N) is 1. The van der Waals surface area contributed by atoms with Crippen LogP contribution in [-0.4, -0.2) is 36.8 Å². The third-order valence-corrected chi connectivity index (χ3v) is 7.97. The van der Waals surface area contributed by atoms with Gasteiger partial charge in [-0.05, 0) is 48.1 Å². The van der Waals surface area contributed by atoms with Crippen LogP contribution in [0.25, 0.3) is 11.0 Å². The molecule has 0 spiro atoms. The normalized spacial score (nSPS) is 17.8. The Morgan fingerprint density at radius 3 is 2.35 bits per heavy atom. The molecule has 1 atom stereocenters. The Morgan fingerprint density at radius 2 is 1.71 bits per heavy atom. The molecule has 0 saturated carbocycles. The minimum Gasteiger partial charge on any atom is -0.464 e. The van der Waals surface area contributed by atoms with Crippen molar-refractivity contribution in [2.24, 2.45) is 0 Å². The maximum absolute atomic E-state index is 13.4. The lowest BCUT2D eigenvalue weighted by Gasteiger charge is -2.28. The second-order valence-electron chi connectivity index (χ2n) is 8.37. The third-order valence-electron chi connectivity index (χ3n) is 6.22. The first-order chi connectivity index (χ1) is 14.9. The molecule has 0 bridgehead atoms. The minimum absolute atomic E-state index is 0.0396. The largest absolute Gasteiger partial charge is 0.464 e. The molecule has 5 nitrogen and oxygen atoms in total. The quantitative estimate of drug-likeness (QED) is 0.550. The van der Waals surface area contributed by atoms with Gasteiger partial charge in [0.1, 0.15) is 5.58 Å². The van der Waals surface area contributed by atoms with Gasteiger partial charge >= 0.3 is 0 Å². The van der Waals surface area contributed by atoms with Crippen molar-refractivity contribution in [1.82, 2.24) is 4.90 Å². The highest BCUT2D eigenvalue weighted by molar-refractivity contribution is 7.91. The Kier molecular flexibility index (Phi) is 6.19. The lowest BCUT2D eigenvalue weighted by molar-refractivity contribution is -0.133. The summed E-state index contributed by atoms with van der Waals surface area (Å²) in [6.45, 7) is 4.62. The summed E-state index contributed by atoms with van der Waals surface area (Å²) < 4.78 is 29.9. The molecule has 0 aliphatic carbocycles. The molecule has 0 N–H and O–H groups in total. The first-order valence-electron chi connectivity index (χ1n) is 10.9. The van der Waals surface area contributed by atoms with Crippen molar-refractivity contribution in [3.63, 3.8) is 0 Å². The van der Waals surface area contributed by atoms with Crippen molar-refractivity contribution in [3.8, 4) is 0 Å². The van der Waals surface area contributed by atoms with Gasteiger partial charge in [0.15, 0.2) is 9.84 Å². The summed E-state index contributed by atoms with van der Waals surface area (Å²) in [6.07, 6.45) is 4.21. The zero-order valence-corrected chi connectivity index (χ0v) is 19.0. The van der Waals surface area contributed by atoms with Crippen molar-refractivity contribution < 1.29 is 17.6 Å². The van der Waals surface area contributed by atoms with Crippen LogP contribution in [-0.2, 0) is 40.4 Å². The summed E-state index contributed by atoms with van der Waals surface area (Å²) >= 11 is 0. The number of carbonyl (C=O) groups is 1. The molecule has 1 aromatic heterocycles. The molecule has 0 radical (unpaired) electrons. The number of sulfone groups is 1. The van der Waals surface area contributed by atoms with E-state index in [2.05, 4.69) is 32.0 Å². The molecule has 0 unspecified atom stereocenters. The standard InChI is InChI=1S/C25H29NO4S/c1-3-18-5-7-20(8-6-18)15-26(22-11-12-31(28,29)17-22)25(27)14-21-16-30-24-10-9-19(4-2)13-23(21)24/h5-10,13,16,22H,3-4,11-12,14-15,17H2,1-2H3/t22-/m0/s1. The number of carbonyl (C=O) groups excluding carboxylic acids is 1. The fraction of sp³-hybridized carbons (Fsp3) is 0.400. The summed E-state index contributed by atoms with van der Waals surface area (Å²) in [6, 6.07) is 14.0. The molecule has 4 rings (SSSR count). The molecular formula is C25H29NO4S. The van der Waals surface area contributed by atoms with Crippen LogP contribution >= 0.6 is 0 Å². The van der Waals surface area contributed by atoms with E-state index in [1.807, 2.05) is 24.3 Å². The lowest BCUT2D eigenvalue weighted by Crippen LogP contribution is -2.41. The number of hydrogen-bond donors (Lipinski definition) is 0. The number of rotatable bonds is 7. The van der Waals surface area contributed by atoms with E-state index in [9.17, 15) is 13.2 Å². The van der Waals surface area contributed by atoms with Gasteiger partial charge in [-0.2, -0.15) is 0 Å². The van der Waals surface area contributed by atoms with Gasteiger partial charge in [-0.1, -0.05) is 44.2 Å². The number of benzene rings is 2. The van der Waals surface area contributed by atoms with Crippen LogP contribution in [0.3, 0.4) is 0 Å². The fourth-order valence-electron chi connectivity index (χ4n) is 4.27. The molecule has 1 fully saturated rings. The molecule has 1 aliphatic heterocycles. The average molecular weight is 440 g/mol. The molecule has 1 saturated heterocycles. The third kappa shape index (κ3) is 4.85. The number of hydrogen-bond acceptors (Lipinski definition) is 4. The molecule has 3 aromatic rings. The number of aryl methyl sites for hydroxylation is 2. The first-order valence-corrected chi connectivity index (χ1v) is 12.8. The van der Waals surface area contributed by atoms with Gasteiger partial charge in [-0.3, -0.25) is 4.79 Å². The molecule has 2 aromatic carbocycles. The predicted molar refractivity (Wildman–Crippen MR) is 123 cm³/mol. The van der Waals surface area contributed by atoms with E-state index in [1.54, 1.807) is 11.2 Å². The molecular weight excluding hydrogens is 410 g/mol. The topological polar surface area (TPSA) is 67.6 Å². The van der Waals surface area contributed by atoms with Crippen molar-refractivity contribution in [2.75, 3.05) is 11.5 Å². The number of fused-ring (bicyclic) bond motifs is 1. The zero-order valence-electron chi connectivity index (χ0n) is 18.1. The van der Waals surface area contributed by atoms with Gasteiger partial charge in [0, 0.05) is 23.5 Å². The number of furan rings is 1. The van der Waals surface area contributed by atoms with E-state index in [-0.39, 0.29) is 29.9 Å². The molecule has 1 aliphatic rings. The Hall–Kier alpha value is -2.60. The van der Waals surface area contributed by atoms with Crippen molar-refractivity contribution in [2.45, 2.75) is 52.1 Å². The summed E-state index contributed by atoms with van der Waals surface area (Å²) in [5, 5.41) is 0.957. The minimum atomic E-state index is -3.10. The van der Waals surface area contributed by atoms with E-state index in [0.29, 0.717) is 13.0 Å². The van der Waals surface area contributed by atoms with Crippen molar-refractivity contribution >= 4 is 26.7 Å². The maximum Gasteiger partial charge on any atom is 0.227 e. The molecule has 31 heavy (non-hydrogen) atoms. The van der Waals surface area contributed by atoms with Crippen molar-refractivity contribution in [3.05, 3.63) is 71.0 Å². The molecule has 2 heterocycles. The van der Waals surface area contributed by atoms with Crippen LogP contribution in [0.1, 0.15) is 42.5 Å². The monoisotopic (exact) mass is 439 g/mol. The van der Waals surface area contributed by atoms with Gasteiger partial charge in [-0.15, -0.1) is 0 Å².